The summed E-state index contributed by atoms with van der Waals surface area (Å²) in [5, 5.41) is 11.4. The van der Waals surface area contributed by atoms with Crippen LogP contribution < -0.4 is 5.32 Å². The van der Waals surface area contributed by atoms with Crippen LogP contribution in [-0.4, -0.2) is 78.2 Å². The Morgan fingerprint density at radius 1 is 0.765 bits per heavy atom. The summed E-state index contributed by atoms with van der Waals surface area (Å²) in [7, 11) is 1.89. The van der Waals surface area contributed by atoms with Crippen molar-refractivity contribution in [1.29, 1.82) is 0 Å². The van der Waals surface area contributed by atoms with Gasteiger partial charge in [-0.3, -0.25) is 0 Å². The molecule has 0 saturated heterocycles. The van der Waals surface area contributed by atoms with Gasteiger partial charge in [0.05, 0.1) is 59.5 Å². The van der Waals surface area contributed by atoms with Gasteiger partial charge in [-0.1, -0.05) is 0 Å². The van der Waals surface area contributed by atoms with Gasteiger partial charge in [0.2, 0.25) is 0 Å². The summed E-state index contributed by atoms with van der Waals surface area (Å²) in [6.45, 7) is 5.34. The normalized spacial score (nSPS) is 10.9. The summed E-state index contributed by atoms with van der Waals surface area (Å²) < 4.78 is 20.8. The number of hydrogen-bond acceptors (Lipinski definition) is 6. The minimum atomic E-state index is 0. The summed E-state index contributed by atoms with van der Waals surface area (Å²) in [4.78, 5) is 0. The molecule has 0 atom stereocenters. The molecule has 0 aromatic heterocycles. The molecule has 0 radical (unpaired) electrons. The summed E-state index contributed by atoms with van der Waals surface area (Å²) in [5.41, 5.74) is 0. The van der Waals surface area contributed by atoms with Crippen molar-refractivity contribution in [2.24, 2.45) is 0 Å². The Bertz CT molecular complexity index is 129. The van der Waals surface area contributed by atoms with Crippen LogP contribution >= 0.6 is 0 Å². The first-order chi connectivity index (χ1) is 8.41. The fourth-order valence-electron chi connectivity index (χ4n) is 1.00. The molecular formula is C11H27NO5. The van der Waals surface area contributed by atoms with Gasteiger partial charge in [-0.15, -0.1) is 0 Å². The quantitative estimate of drug-likeness (QED) is 0.407. The Labute approximate surface area is 105 Å². The largest absolute Gasteiger partial charge is 0.394 e. The van der Waals surface area contributed by atoms with Crippen LogP contribution in [0.2, 0.25) is 0 Å². The molecular weight excluding hydrogens is 226 g/mol. The Morgan fingerprint density at radius 2 is 1.18 bits per heavy atom. The van der Waals surface area contributed by atoms with Crippen molar-refractivity contribution in [3.05, 3.63) is 0 Å². The average molecular weight is 253 g/mol. The molecule has 0 fully saturated rings. The number of ether oxygens (including phenoxy) is 4. The van der Waals surface area contributed by atoms with E-state index in [1.807, 2.05) is 7.05 Å². The van der Waals surface area contributed by atoms with Crippen LogP contribution in [0.1, 0.15) is 1.43 Å². The molecule has 0 unspecified atom stereocenters. The Hall–Kier alpha value is -0.240. The lowest BCUT2D eigenvalue weighted by atomic mass is 10.6. The van der Waals surface area contributed by atoms with Crippen LogP contribution in [0.5, 0.6) is 0 Å². The molecule has 0 heterocycles. The second-order valence-corrected chi connectivity index (χ2v) is 3.28. The molecule has 0 rings (SSSR count). The molecule has 0 aromatic rings. The maximum absolute atomic E-state index is 8.44. The van der Waals surface area contributed by atoms with Crippen molar-refractivity contribution in [2.45, 2.75) is 0 Å². The number of aliphatic hydroxyl groups is 1. The molecule has 6 heteroatoms. The topological polar surface area (TPSA) is 69.2 Å². The summed E-state index contributed by atoms with van der Waals surface area (Å²) >= 11 is 0. The number of aliphatic hydroxyl groups excluding tert-OH is 1. The van der Waals surface area contributed by atoms with Crippen LogP contribution in [0.4, 0.5) is 0 Å². The second-order valence-electron chi connectivity index (χ2n) is 3.28. The van der Waals surface area contributed by atoms with Crippen molar-refractivity contribution in [3.63, 3.8) is 0 Å². The lowest BCUT2D eigenvalue weighted by Gasteiger charge is -2.06. The van der Waals surface area contributed by atoms with Crippen LogP contribution in [-0.2, 0) is 18.9 Å². The van der Waals surface area contributed by atoms with E-state index in [2.05, 4.69) is 5.32 Å². The van der Waals surface area contributed by atoms with Crippen molar-refractivity contribution in [3.8, 4) is 0 Å². The summed E-state index contributed by atoms with van der Waals surface area (Å²) in [5.74, 6) is 0. The Morgan fingerprint density at radius 3 is 1.59 bits per heavy atom. The summed E-state index contributed by atoms with van der Waals surface area (Å²) in [6, 6.07) is 0. The molecule has 0 aliphatic rings. The highest BCUT2D eigenvalue weighted by atomic mass is 16.6. The molecule has 0 bridgehead atoms. The highest BCUT2D eigenvalue weighted by Gasteiger charge is 1.91. The van der Waals surface area contributed by atoms with Gasteiger partial charge in [-0.05, 0) is 7.05 Å². The van der Waals surface area contributed by atoms with Crippen LogP contribution in [0.3, 0.4) is 0 Å². The van der Waals surface area contributed by atoms with Gasteiger partial charge in [-0.25, -0.2) is 0 Å². The van der Waals surface area contributed by atoms with Gasteiger partial charge in [0.1, 0.15) is 0 Å². The number of rotatable bonds is 14. The molecule has 6 nitrogen and oxygen atoms in total. The fourth-order valence-corrected chi connectivity index (χ4v) is 1.00. The van der Waals surface area contributed by atoms with Crippen LogP contribution in [0.15, 0.2) is 0 Å². The van der Waals surface area contributed by atoms with Gasteiger partial charge in [-0.2, -0.15) is 0 Å². The van der Waals surface area contributed by atoms with E-state index in [0.29, 0.717) is 52.9 Å². The number of hydrogen-bond donors (Lipinski definition) is 2. The van der Waals surface area contributed by atoms with Gasteiger partial charge >= 0.3 is 0 Å². The Balaban J connectivity index is 0. The molecule has 0 amide bonds. The van der Waals surface area contributed by atoms with Crippen LogP contribution in [0.25, 0.3) is 0 Å². The fraction of sp³-hybridized carbons (Fsp3) is 1.00. The van der Waals surface area contributed by atoms with Crippen molar-refractivity contribution in [2.75, 3.05) is 73.1 Å². The minimum absolute atomic E-state index is 0. The zero-order valence-electron chi connectivity index (χ0n) is 10.7. The SMILES string of the molecule is CNCCOCCOCCOCCOCCO.[HH]. The minimum Gasteiger partial charge on any atom is -0.394 e. The highest BCUT2D eigenvalue weighted by Crippen LogP contribution is 1.82. The van der Waals surface area contributed by atoms with Gasteiger partial charge in [0, 0.05) is 7.97 Å². The molecule has 2 N–H and O–H groups in total. The van der Waals surface area contributed by atoms with E-state index >= 15 is 0 Å². The number of nitrogens with one attached hydrogen (secondary N) is 1. The van der Waals surface area contributed by atoms with E-state index in [9.17, 15) is 0 Å². The highest BCUT2D eigenvalue weighted by molar-refractivity contribution is 4.37. The first kappa shape index (κ1) is 16.8. The first-order valence-corrected chi connectivity index (χ1v) is 5.98. The lowest BCUT2D eigenvalue weighted by Crippen LogP contribution is -2.17. The molecule has 0 aromatic carbocycles. The molecule has 0 saturated carbocycles. The van der Waals surface area contributed by atoms with E-state index in [4.69, 9.17) is 24.1 Å². The van der Waals surface area contributed by atoms with Crippen molar-refractivity contribution < 1.29 is 25.5 Å². The van der Waals surface area contributed by atoms with Gasteiger partial charge in [0.15, 0.2) is 0 Å². The second kappa shape index (κ2) is 15.8. The molecule has 17 heavy (non-hydrogen) atoms. The van der Waals surface area contributed by atoms with E-state index in [1.54, 1.807) is 0 Å². The van der Waals surface area contributed by atoms with Gasteiger partial charge in [0.25, 0.3) is 0 Å². The molecule has 0 aliphatic carbocycles. The lowest BCUT2D eigenvalue weighted by molar-refractivity contribution is -0.00511. The van der Waals surface area contributed by atoms with Crippen LogP contribution in [0, 0.1) is 0 Å². The van der Waals surface area contributed by atoms with E-state index < -0.39 is 0 Å². The zero-order chi connectivity index (χ0) is 12.6. The molecule has 0 spiro atoms. The maximum Gasteiger partial charge on any atom is 0.0701 e. The third-order valence-electron chi connectivity index (χ3n) is 1.85. The average Bonchev–Trinajstić information content (AvgIpc) is 2.35. The summed E-state index contributed by atoms with van der Waals surface area (Å²) in [6.07, 6.45) is 0. The zero-order valence-corrected chi connectivity index (χ0v) is 10.7. The van der Waals surface area contributed by atoms with E-state index in [-0.39, 0.29) is 8.03 Å². The smallest absolute Gasteiger partial charge is 0.0701 e. The van der Waals surface area contributed by atoms with Crippen molar-refractivity contribution in [1.82, 2.24) is 5.32 Å². The Kier molecular flexibility index (Phi) is 15.5. The third kappa shape index (κ3) is 15.8. The maximum atomic E-state index is 8.44. The van der Waals surface area contributed by atoms with E-state index in [1.165, 1.54) is 0 Å². The predicted molar refractivity (Wildman–Crippen MR) is 66.4 cm³/mol. The number of likely N-dealkylation sites (N-methyl/N-ethyl adjacent to an activating group) is 1. The molecule has 0 aliphatic heterocycles. The first-order valence-electron chi connectivity index (χ1n) is 5.98. The molecule has 106 valence electrons. The third-order valence-corrected chi connectivity index (χ3v) is 1.85. The van der Waals surface area contributed by atoms with E-state index in [0.717, 1.165) is 6.54 Å². The van der Waals surface area contributed by atoms with Crippen molar-refractivity contribution >= 4 is 0 Å². The monoisotopic (exact) mass is 253 g/mol. The predicted octanol–water partition coefficient (Wildman–Crippen LogP) is -0.489. The van der Waals surface area contributed by atoms with Gasteiger partial charge < -0.3 is 29.4 Å². The standard InChI is InChI=1S/C11H25NO5.H2/c1-12-2-4-14-6-8-16-10-11-17-9-7-15-5-3-13;/h12-13H,2-11H2,1H3;1H.